The Morgan fingerprint density at radius 1 is 1.15 bits per heavy atom. The van der Waals surface area contributed by atoms with Crippen molar-refractivity contribution in [3.63, 3.8) is 0 Å². The molecule has 2 atom stereocenters. The summed E-state index contributed by atoms with van der Waals surface area (Å²) in [5.41, 5.74) is 2.77. The van der Waals surface area contributed by atoms with Crippen molar-refractivity contribution < 1.29 is 8.78 Å². The Balaban J connectivity index is 1.57. The molecule has 0 unspecified atom stereocenters. The number of hydrogen-bond donors (Lipinski definition) is 2. The molecule has 3 nitrogen and oxygen atoms in total. The van der Waals surface area contributed by atoms with E-state index in [1.165, 1.54) is 24.6 Å². The molecule has 3 rings (SSSR count). The van der Waals surface area contributed by atoms with Crippen molar-refractivity contribution in [3.8, 4) is 0 Å². The molecular formula is C21H25F2N3S. The monoisotopic (exact) mass is 389 g/mol. The van der Waals surface area contributed by atoms with E-state index in [0.717, 1.165) is 36.7 Å². The number of nitrogens with zero attached hydrogens (tertiary/aromatic N) is 1. The number of benzene rings is 2. The van der Waals surface area contributed by atoms with Crippen LogP contribution < -0.4 is 15.5 Å². The van der Waals surface area contributed by atoms with Gasteiger partial charge in [-0.15, -0.1) is 0 Å². The minimum Gasteiger partial charge on any atom is -0.371 e. The van der Waals surface area contributed by atoms with Crippen LogP contribution in [0.4, 0.5) is 20.2 Å². The van der Waals surface area contributed by atoms with Crippen LogP contribution >= 0.6 is 12.2 Å². The average molecular weight is 390 g/mol. The molecule has 1 aliphatic heterocycles. The molecule has 0 bridgehead atoms. The lowest BCUT2D eigenvalue weighted by Gasteiger charge is -2.33. The predicted molar refractivity (Wildman–Crippen MR) is 111 cm³/mol. The summed E-state index contributed by atoms with van der Waals surface area (Å²) in [6.07, 6.45) is 2.54. The van der Waals surface area contributed by atoms with Crippen molar-refractivity contribution in [1.82, 2.24) is 5.32 Å². The number of halogens is 2. The summed E-state index contributed by atoms with van der Waals surface area (Å²) in [6.45, 7) is 6.53. The van der Waals surface area contributed by atoms with Crippen molar-refractivity contribution >= 4 is 28.7 Å². The van der Waals surface area contributed by atoms with Crippen LogP contribution in [0.15, 0.2) is 42.5 Å². The van der Waals surface area contributed by atoms with Gasteiger partial charge in [-0.2, -0.15) is 0 Å². The second kappa shape index (κ2) is 8.65. The fraction of sp³-hybridized carbons (Fsp3) is 0.381. The Hall–Kier alpha value is -2.21. The summed E-state index contributed by atoms with van der Waals surface area (Å²) in [4.78, 5) is 2.44. The van der Waals surface area contributed by atoms with E-state index in [0.29, 0.717) is 10.8 Å². The van der Waals surface area contributed by atoms with Crippen LogP contribution in [0.2, 0.25) is 0 Å². The van der Waals surface area contributed by atoms with Gasteiger partial charge in [0.25, 0.3) is 0 Å². The third kappa shape index (κ3) is 5.16. The molecule has 2 aromatic rings. The molecule has 0 radical (unpaired) electrons. The second-order valence-electron chi connectivity index (χ2n) is 7.23. The van der Waals surface area contributed by atoms with E-state index in [1.54, 1.807) is 0 Å². The van der Waals surface area contributed by atoms with E-state index >= 15 is 0 Å². The number of piperidine rings is 1. The molecule has 0 aliphatic carbocycles. The van der Waals surface area contributed by atoms with Crippen LogP contribution in [0.1, 0.15) is 38.3 Å². The molecule has 1 heterocycles. The van der Waals surface area contributed by atoms with E-state index in [-0.39, 0.29) is 6.04 Å². The third-order valence-electron chi connectivity index (χ3n) is 4.94. The molecule has 27 heavy (non-hydrogen) atoms. The van der Waals surface area contributed by atoms with E-state index in [1.807, 2.05) is 6.92 Å². The first kappa shape index (κ1) is 19.5. The van der Waals surface area contributed by atoms with Crippen LogP contribution in [-0.4, -0.2) is 18.2 Å². The van der Waals surface area contributed by atoms with Crippen LogP contribution in [0.3, 0.4) is 0 Å². The standard InChI is InChI=1S/C21H25F2N3S/c1-14-4-3-11-26(13-14)18-8-5-16(6-9-18)15(2)24-21(27)25-17-7-10-19(22)20(23)12-17/h5-10,12,14-15H,3-4,11,13H2,1-2H3,(H2,24,25,27)/t14-,15-/m1/s1. The maximum Gasteiger partial charge on any atom is 0.171 e. The molecule has 6 heteroatoms. The molecule has 0 aromatic heterocycles. The van der Waals surface area contributed by atoms with Gasteiger partial charge < -0.3 is 15.5 Å². The minimum atomic E-state index is -0.904. The topological polar surface area (TPSA) is 27.3 Å². The Kier molecular flexibility index (Phi) is 6.26. The SMILES string of the molecule is C[C@@H]1CCCN(c2ccc([C@@H](C)NC(=S)Nc3ccc(F)c(F)c3)cc2)C1. The maximum absolute atomic E-state index is 13.3. The Labute approximate surface area is 164 Å². The molecular weight excluding hydrogens is 364 g/mol. The lowest BCUT2D eigenvalue weighted by atomic mass is 9.99. The normalized spacial score (nSPS) is 18.1. The van der Waals surface area contributed by atoms with Crippen LogP contribution in [-0.2, 0) is 0 Å². The van der Waals surface area contributed by atoms with Crippen LogP contribution in [0, 0.1) is 17.6 Å². The fourth-order valence-corrected chi connectivity index (χ4v) is 3.71. The number of thiocarbonyl (C=S) groups is 1. The number of hydrogen-bond acceptors (Lipinski definition) is 2. The van der Waals surface area contributed by atoms with Gasteiger partial charge >= 0.3 is 0 Å². The molecule has 0 amide bonds. The first-order valence-corrected chi connectivity index (χ1v) is 9.70. The Morgan fingerprint density at radius 3 is 2.56 bits per heavy atom. The summed E-state index contributed by atoms with van der Waals surface area (Å²) >= 11 is 5.28. The van der Waals surface area contributed by atoms with Crippen molar-refractivity contribution in [2.75, 3.05) is 23.3 Å². The zero-order valence-corrected chi connectivity index (χ0v) is 16.5. The summed E-state index contributed by atoms with van der Waals surface area (Å²) in [5, 5.41) is 6.42. The zero-order valence-electron chi connectivity index (χ0n) is 15.6. The van der Waals surface area contributed by atoms with Gasteiger partial charge in [0.1, 0.15) is 0 Å². The van der Waals surface area contributed by atoms with Crippen molar-refractivity contribution in [2.45, 2.75) is 32.7 Å². The van der Waals surface area contributed by atoms with E-state index < -0.39 is 11.6 Å². The zero-order chi connectivity index (χ0) is 19.4. The highest BCUT2D eigenvalue weighted by Gasteiger charge is 2.17. The minimum absolute atomic E-state index is 0.00961. The second-order valence-corrected chi connectivity index (χ2v) is 7.64. The third-order valence-corrected chi connectivity index (χ3v) is 5.16. The van der Waals surface area contributed by atoms with Gasteiger partial charge in [0.15, 0.2) is 16.7 Å². The van der Waals surface area contributed by atoms with Gasteiger partial charge in [0.2, 0.25) is 0 Å². The Morgan fingerprint density at radius 2 is 1.89 bits per heavy atom. The molecule has 144 valence electrons. The summed E-state index contributed by atoms with van der Waals surface area (Å²) in [7, 11) is 0. The predicted octanol–water partition coefficient (Wildman–Crippen LogP) is 5.25. The van der Waals surface area contributed by atoms with E-state index in [4.69, 9.17) is 12.2 Å². The summed E-state index contributed by atoms with van der Waals surface area (Å²) < 4.78 is 26.3. The van der Waals surface area contributed by atoms with Crippen LogP contribution in [0.25, 0.3) is 0 Å². The van der Waals surface area contributed by atoms with Gasteiger partial charge in [0, 0.05) is 30.5 Å². The molecule has 0 spiro atoms. The van der Waals surface area contributed by atoms with Gasteiger partial charge in [-0.1, -0.05) is 19.1 Å². The first-order chi connectivity index (χ1) is 12.9. The van der Waals surface area contributed by atoms with Crippen molar-refractivity contribution in [1.29, 1.82) is 0 Å². The first-order valence-electron chi connectivity index (χ1n) is 9.30. The molecule has 2 aromatic carbocycles. The van der Waals surface area contributed by atoms with Gasteiger partial charge in [-0.25, -0.2) is 8.78 Å². The number of nitrogens with one attached hydrogen (secondary N) is 2. The number of anilines is 2. The highest BCUT2D eigenvalue weighted by molar-refractivity contribution is 7.80. The van der Waals surface area contributed by atoms with Crippen molar-refractivity contribution in [2.24, 2.45) is 5.92 Å². The van der Waals surface area contributed by atoms with Crippen molar-refractivity contribution in [3.05, 3.63) is 59.7 Å². The molecule has 0 saturated carbocycles. The van der Waals surface area contributed by atoms with Gasteiger partial charge in [-0.05, 0) is 67.7 Å². The number of rotatable bonds is 4. The average Bonchev–Trinajstić information content (AvgIpc) is 2.65. The molecule has 2 N–H and O–H groups in total. The highest BCUT2D eigenvalue weighted by atomic mass is 32.1. The highest BCUT2D eigenvalue weighted by Crippen LogP contribution is 2.24. The van der Waals surface area contributed by atoms with E-state index in [2.05, 4.69) is 46.7 Å². The quantitative estimate of drug-likeness (QED) is 0.699. The fourth-order valence-electron chi connectivity index (χ4n) is 3.42. The maximum atomic E-state index is 13.3. The van der Waals surface area contributed by atoms with Gasteiger partial charge in [-0.3, -0.25) is 0 Å². The lowest BCUT2D eigenvalue weighted by Crippen LogP contribution is -2.34. The van der Waals surface area contributed by atoms with Gasteiger partial charge in [0.05, 0.1) is 6.04 Å². The largest absolute Gasteiger partial charge is 0.371 e. The van der Waals surface area contributed by atoms with Crippen LogP contribution in [0.5, 0.6) is 0 Å². The Bertz CT molecular complexity index is 795. The smallest absolute Gasteiger partial charge is 0.171 e. The molecule has 1 aliphatic rings. The molecule has 1 saturated heterocycles. The lowest BCUT2D eigenvalue weighted by molar-refractivity contribution is 0.447. The molecule has 1 fully saturated rings. The van der Waals surface area contributed by atoms with E-state index in [9.17, 15) is 8.78 Å². The summed E-state index contributed by atoms with van der Waals surface area (Å²) in [6, 6.07) is 12.1. The summed E-state index contributed by atoms with van der Waals surface area (Å²) in [5.74, 6) is -1.05.